The van der Waals surface area contributed by atoms with Crippen molar-refractivity contribution >= 4 is 44.1 Å². The summed E-state index contributed by atoms with van der Waals surface area (Å²) in [4.78, 5) is 4.50. The maximum atomic E-state index is 14.2. The molecule has 0 aliphatic carbocycles. The van der Waals surface area contributed by atoms with Crippen LogP contribution in [0.3, 0.4) is 0 Å². The minimum absolute atomic E-state index is 0.134. The van der Waals surface area contributed by atoms with Crippen LogP contribution in [-0.4, -0.2) is 10.1 Å². The predicted molar refractivity (Wildman–Crippen MR) is 104 cm³/mol. The number of hydrogen-bond donors (Lipinski definition) is 2. The SMILES string of the molecule is Cc1nc2ccc(Br)cc2c(N[C@H](C)c2cc(CO)ccc2F)c1Cl. The summed E-state index contributed by atoms with van der Waals surface area (Å²) in [7, 11) is 0. The number of nitrogens with zero attached hydrogens (tertiary/aromatic N) is 1. The van der Waals surface area contributed by atoms with Gasteiger partial charge in [-0.25, -0.2) is 4.39 Å². The van der Waals surface area contributed by atoms with Crippen LogP contribution in [-0.2, 0) is 6.61 Å². The third-order valence-electron chi connectivity index (χ3n) is 4.12. The highest BCUT2D eigenvalue weighted by atomic mass is 79.9. The number of benzene rings is 2. The van der Waals surface area contributed by atoms with Crippen molar-refractivity contribution in [2.75, 3.05) is 5.32 Å². The maximum absolute atomic E-state index is 14.2. The zero-order chi connectivity index (χ0) is 18.1. The van der Waals surface area contributed by atoms with Crippen LogP contribution in [0.1, 0.15) is 29.8 Å². The van der Waals surface area contributed by atoms with Crippen molar-refractivity contribution in [2.45, 2.75) is 26.5 Å². The molecule has 2 N–H and O–H groups in total. The van der Waals surface area contributed by atoms with Crippen LogP contribution in [0.25, 0.3) is 10.9 Å². The smallest absolute Gasteiger partial charge is 0.128 e. The quantitative estimate of drug-likeness (QED) is 0.560. The number of anilines is 1. The van der Waals surface area contributed by atoms with Gasteiger partial charge in [-0.1, -0.05) is 33.6 Å². The Kier molecular flexibility index (Phi) is 5.27. The largest absolute Gasteiger partial charge is 0.392 e. The monoisotopic (exact) mass is 422 g/mol. The average molecular weight is 424 g/mol. The van der Waals surface area contributed by atoms with E-state index in [-0.39, 0.29) is 18.5 Å². The van der Waals surface area contributed by atoms with E-state index < -0.39 is 0 Å². The second-order valence-corrected chi connectivity index (χ2v) is 7.22. The molecular formula is C19H17BrClFN2O. The molecule has 0 unspecified atom stereocenters. The molecule has 0 bridgehead atoms. The number of nitrogens with one attached hydrogen (secondary N) is 1. The summed E-state index contributed by atoms with van der Waals surface area (Å²) in [5.74, 6) is -0.329. The van der Waals surface area contributed by atoms with E-state index in [4.69, 9.17) is 11.6 Å². The lowest BCUT2D eigenvalue weighted by Gasteiger charge is -2.20. The van der Waals surface area contributed by atoms with Crippen LogP contribution >= 0.6 is 27.5 Å². The molecule has 0 saturated heterocycles. The minimum atomic E-state index is -0.340. The number of pyridine rings is 1. The van der Waals surface area contributed by atoms with Gasteiger partial charge in [-0.05, 0) is 49.7 Å². The van der Waals surface area contributed by atoms with E-state index in [0.717, 1.165) is 15.4 Å². The second-order valence-electron chi connectivity index (χ2n) is 5.93. The number of fused-ring (bicyclic) bond motifs is 1. The van der Waals surface area contributed by atoms with E-state index in [2.05, 4.69) is 26.2 Å². The zero-order valence-corrected chi connectivity index (χ0v) is 16.1. The molecule has 0 radical (unpaired) electrons. The molecule has 0 aliphatic heterocycles. The number of rotatable bonds is 4. The molecule has 0 aliphatic rings. The lowest BCUT2D eigenvalue weighted by Crippen LogP contribution is -2.11. The van der Waals surface area contributed by atoms with Gasteiger partial charge in [-0.15, -0.1) is 0 Å². The summed E-state index contributed by atoms with van der Waals surface area (Å²) in [6.07, 6.45) is 0. The minimum Gasteiger partial charge on any atom is -0.392 e. The highest BCUT2D eigenvalue weighted by molar-refractivity contribution is 9.10. The molecule has 3 rings (SSSR count). The summed E-state index contributed by atoms with van der Waals surface area (Å²) in [5.41, 5.74) is 3.36. The first-order chi connectivity index (χ1) is 11.9. The molecule has 1 aromatic heterocycles. The molecular weight excluding hydrogens is 407 g/mol. The number of aryl methyl sites for hydroxylation is 1. The van der Waals surface area contributed by atoms with E-state index in [1.54, 1.807) is 12.1 Å². The first-order valence-electron chi connectivity index (χ1n) is 7.81. The highest BCUT2D eigenvalue weighted by Gasteiger charge is 2.17. The Morgan fingerprint density at radius 3 is 2.76 bits per heavy atom. The molecule has 0 amide bonds. The number of aromatic nitrogens is 1. The van der Waals surface area contributed by atoms with Gasteiger partial charge < -0.3 is 10.4 Å². The third-order valence-corrected chi connectivity index (χ3v) is 5.08. The van der Waals surface area contributed by atoms with Crippen LogP contribution in [0.5, 0.6) is 0 Å². The van der Waals surface area contributed by atoms with Crippen LogP contribution in [0, 0.1) is 12.7 Å². The van der Waals surface area contributed by atoms with Gasteiger partial charge in [-0.3, -0.25) is 4.98 Å². The van der Waals surface area contributed by atoms with Crippen molar-refractivity contribution in [3.05, 3.63) is 68.5 Å². The molecule has 130 valence electrons. The number of aliphatic hydroxyl groups is 1. The molecule has 0 saturated carbocycles. The van der Waals surface area contributed by atoms with Gasteiger partial charge in [0.2, 0.25) is 0 Å². The van der Waals surface area contributed by atoms with Crippen LogP contribution in [0.15, 0.2) is 40.9 Å². The van der Waals surface area contributed by atoms with E-state index in [0.29, 0.717) is 27.5 Å². The first kappa shape index (κ1) is 18.1. The lowest BCUT2D eigenvalue weighted by atomic mass is 10.0. The fourth-order valence-electron chi connectivity index (χ4n) is 2.79. The average Bonchev–Trinajstić information content (AvgIpc) is 2.60. The standard InChI is InChI=1S/C19H17BrClFN2O/c1-10(14-7-12(9-25)3-5-16(14)22)24-19-15-8-13(20)4-6-17(15)23-11(2)18(19)21/h3-8,10,25H,9H2,1-2H3,(H,23,24)/t10-/m1/s1. The molecule has 3 nitrogen and oxygen atoms in total. The van der Waals surface area contributed by atoms with E-state index in [9.17, 15) is 9.50 Å². The van der Waals surface area contributed by atoms with Crippen molar-refractivity contribution in [3.8, 4) is 0 Å². The second kappa shape index (κ2) is 7.28. The highest BCUT2D eigenvalue weighted by Crippen LogP contribution is 2.36. The summed E-state index contributed by atoms with van der Waals surface area (Å²) >= 11 is 9.95. The molecule has 2 aromatic carbocycles. The normalized spacial score (nSPS) is 12.4. The lowest BCUT2D eigenvalue weighted by molar-refractivity contribution is 0.281. The van der Waals surface area contributed by atoms with Gasteiger partial charge in [0, 0.05) is 15.4 Å². The van der Waals surface area contributed by atoms with Gasteiger partial charge in [0.15, 0.2) is 0 Å². The topological polar surface area (TPSA) is 45.2 Å². The summed E-state index contributed by atoms with van der Waals surface area (Å²) < 4.78 is 15.2. The Morgan fingerprint density at radius 2 is 2.04 bits per heavy atom. The van der Waals surface area contributed by atoms with Crippen molar-refractivity contribution in [1.29, 1.82) is 0 Å². The molecule has 3 aromatic rings. The summed E-state index contributed by atoms with van der Waals surface area (Å²) in [6, 6.07) is 10.0. The Morgan fingerprint density at radius 1 is 1.28 bits per heavy atom. The van der Waals surface area contributed by atoms with Crippen LogP contribution in [0.4, 0.5) is 10.1 Å². The first-order valence-corrected chi connectivity index (χ1v) is 8.99. The molecule has 1 heterocycles. The zero-order valence-electron chi connectivity index (χ0n) is 13.8. The number of hydrogen-bond acceptors (Lipinski definition) is 3. The van der Waals surface area contributed by atoms with Crippen molar-refractivity contribution in [2.24, 2.45) is 0 Å². The van der Waals surface area contributed by atoms with Gasteiger partial charge in [0.05, 0.1) is 34.6 Å². The fraction of sp³-hybridized carbons (Fsp3) is 0.211. The Labute approximate surface area is 159 Å². The number of halogens is 3. The molecule has 25 heavy (non-hydrogen) atoms. The summed E-state index contributed by atoms with van der Waals surface area (Å²) in [5, 5.41) is 14.0. The summed E-state index contributed by atoms with van der Waals surface area (Å²) in [6.45, 7) is 3.56. The molecule has 0 fully saturated rings. The van der Waals surface area contributed by atoms with Gasteiger partial charge in [0.25, 0.3) is 0 Å². The predicted octanol–water partition coefficient (Wildman–Crippen LogP) is 5.76. The van der Waals surface area contributed by atoms with Gasteiger partial charge in [0.1, 0.15) is 5.82 Å². The fourth-order valence-corrected chi connectivity index (χ4v) is 3.35. The van der Waals surface area contributed by atoms with E-state index in [1.807, 2.05) is 32.0 Å². The molecule has 6 heteroatoms. The Hall–Kier alpha value is -1.69. The van der Waals surface area contributed by atoms with Crippen molar-refractivity contribution in [1.82, 2.24) is 4.98 Å². The van der Waals surface area contributed by atoms with Gasteiger partial charge in [-0.2, -0.15) is 0 Å². The van der Waals surface area contributed by atoms with Gasteiger partial charge >= 0.3 is 0 Å². The van der Waals surface area contributed by atoms with Crippen LogP contribution < -0.4 is 5.32 Å². The third kappa shape index (κ3) is 3.64. The molecule has 1 atom stereocenters. The van der Waals surface area contributed by atoms with E-state index in [1.165, 1.54) is 6.07 Å². The molecule has 0 spiro atoms. The van der Waals surface area contributed by atoms with Crippen molar-refractivity contribution < 1.29 is 9.50 Å². The van der Waals surface area contributed by atoms with Crippen LogP contribution in [0.2, 0.25) is 5.02 Å². The number of aliphatic hydroxyl groups excluding tert-OH is 1. The van der Waals surface area contributed by atoms with E-state index >= 15 is 0 Å². The Bertz CT molecular complexity index is 948. The Balaban J connectivity index is 2.08. The van der Waals surface area contributed by atoms with Crippen molar-refractivity contribution in [3.63, 3.8) is 0 Å². The maximum Gasteiger partial charge on any atom is 0.128 e.